The zero-order chi connectivity index (χ0) is 15.0. The second-order valence-corrected chi connectivity index (χ2v) is 6.06. The van der Waals surface area contributed by atoms with Gasteiger partial charge in [-0.15, -0.1) is 0 Å². The molecule has 1 N–H and O–H groups in total. The summed E-state index contributed by atoms with van der Waals surface area (Å²) in [4.78, 5) is -0.289. The van der Waals surface area contributed by atoms with Crippen molar-refractivity contribution in [1.29, 1.82) is 0 Å². The molecule has 1 aromatic carbocycles. The van der Waals surface area contributed by atoms with Gasteiger partial charge >= 0.3 is 0 Å². The molecule has 0 aliphatic carbocycles. The Morgan fingerprint density at radius 1 is 1.15 bits per heavy atom. The highest BCUT2D eigenvalue weighted by Gasteiger charge is 2.15. The number of benzene rings is 1. The van der Waals surface area contributed by atoms with Gasteiger partial charge in [0.15, 0.2) is 11.6 Å². The molecule has 114 valence electrons. The molecule has 4 nitrogen and oxygen atoms in total. The van der Waals surface area contributed by atoms with E-state index in [1.807, 2.05) is 0 Å². The van der Waals surface area contributed by atoms with Crippen LogP contribution >= 0.6 is 0 Å². The van der Waals surface area contributed by atoms with Gasteiger partial charge in [0.05, 0.1) is 4.90 Å². The van der Waals surface area contributed by atoms with Crippen molar-refractivity contribution in [3.8, 4) is 0 Å². The molecule has 0 fully saturated rings. The lowest BCUT2D eigenvalue weighted by Crippen LogP contribution is -2.25. The molecule has 0 unspecified atom stereocenters. The van der Waals surface area contributed by atoms with Crippen LogP contribution in [0.5, 0.6) is 0 Å². The maximum atomic E-state index is 13.0. The molecule has 0 spiro atoms. The maximum absolute atomic E-state index is 13.0. The van der Waals surface area contributed by atoms with Crippen LogP contribution in [0.3, 0.4) is 0 Å². The number of sulfonamides is 1. The highest BCUT2D eigenvalue weighted by molar-refractivity contribution is 7.89. The van der Waals surface area contributed by atoms with Crippen molar-refractivity contribution >= 4 is 10.0 Å². The summed E-state index contributed by atoms with van der Waals surface area (Å²) in [5.74, 6) is -2.26. The van der Waals surface area contributed by atoms with E-state index in [1.54, 1.807) is 0 Å². The Morgan fingerprint density at radius 2 is 1.85 bits per heavy atom. The molecule has 20 heavy (non-hydrogen) atoms. The number of rotatable bonds is 9. The van der Waals surface area contributed by atoms with Crippen molar-refractivity contribution in [2.45, 2.75) is 31.1 Å². The molecule has 0 aromatic heterocycles. The summed E-state index contributed by atoms with van der Waals surface area (Å²) in [6, 6.07) is 2.48. The molecule has 0 heterocycles. The summed E-state index contributed by atoms with van der Waals surface area (Å²) in [7, 11) is -3.81. The Bertz CT molecular complexity index is 520. The fourth-order valence-corrected chi connectivity index (χ4v) is 2.54. The topological polar surface area (TPSA) is 55.4 Å². The predicted octanol–water partition coefficient (Wildman–Crippen LogP) is 2.45. The molecule has 0 saturated carbocycles. The van der Waals surface area contributed by atoms with Gasteiger partial charge in [0.1, 0.15) is 0 Å². The smallest absolute Gasteiger partial charge is 0.240 e. The van der Waals surface area contributed by atoms with Crippen LogP contribution in [0, 0.1) is 11.6 Å². The summed E-state index contributed by atoms with van der Waals surface area (Å²) in [5.41, 5.74) is 0. The van der Waals surface area contributed by atoms with Gasteiger partial charge in [-0.25, -0.2) is 21.9 Å². The largest absolute Gasteiger partial charge is 0.381 e. The third-order valence-electron chi connectivity index (χ3n) is 2.60. The molecule has 1 aromatic rings. The lowest BCUT2D eigenvalue weighted by Gasteiger charge is -2.07. The van der Waals surface area contributed by atoms with Crippen molar-refractivity contribution in [2.24, 2.45) is 0 Å². The van der Waals surface area contributed by atoms with Gasteiger partial charge in [-0.1, -0.05) is 13.3 Å². The minimum absolute atomic E-state index is 0.188. The van der Waals surface area contributed by atoms with Crippen LogP contribution < -0.4 is 4.72 Å². The Kier molecular flexibility index (Phi) is 7.04. The Balaban J connectivity index is 2.40. The number of hydrogen-bond acceptors (Lipinski definition) is 3. The van der Waals surface area contributed by atoms with Gasteiger partial charge < -0.3 is 4.74 Å². The van der Waals surface area contributed by atoms with Gasteiger partial charge in [-0.3, -0.25) is 0 Å². The Labute approximate surface area is 118 Å². The van der Waals surface area contributed by atoms with Crippen LogP contribution in [0.4, 0.5) is 8.78 Å². The normalized spacial score (nSPS) is 11.8. The van der Waals surface area contributed by atoms with Crippen molar-refractivity contribution in [1.82, 2.24) is 4.72 Å². The molecule has 0 amide bonds. The quantitative estimate of drug-likeness (QED) is 0.713. The van der Waals surface area contributed by atoms with Crippen molar-refractivity contribution < 1.29 is 21.9 Å². The monoisotopic (exact) mass is 307 g/mol. The highest BCUT2D eigenvalue weighted by Crippen LogP contribution is 2.13. The van der Waals surface area contributed by atoms with E-state index in [4.69, 9.17) is 4.74 Å². The number of nitrogens with one attached hydrogen (secondary N) is 1. The van der Waals surface area contributed by atoms with E-state index in [2.05, 4.69) is 11.6 Å². The van der Waals surface area contributed by atoms with Gasteiger partial charge in [0, 0.05) is 19.8 Å². The molecule has 0 atom stereocenters. The van der Waals surface area contributed by atoms with Gasteiger partial charge in [0.25, 0.3) is 0 Å². The zero-order valence-corrected chi connectivity index (χ0v) is 12.2. The Morgan fingerprint density at radius 3 is 2.50 bits per heavy atom. The van der Waals surface area contributed by atoms with Crippen LogP contribution in [-0.2, 0) is 14.8 Å². The fraction of sp³-hybridized carbons (Fsp3) is 0.538. The van der Waals surface area contributed by atoms with Crippen LogP contribution in [0.1, 0.15) is 26.2 Å². The second-order valence-electron chi connectivity index (χ2n) is 4.29. The van der Waals surface area contributed by atoms with Crippen LogP contribution in [0.25, 0.3) is 0 Å². The molecule has 0 aliphatic heterocycles. The minimum atomic E-state index is -3.81. The predicted molar refractivity (Wildman–Crippen MR) is 71.9 cm³/mol. The maximum Gasteiger partial charge on any atom is 0.240 e. The standard InChI is InChI=1S/C13H19F2NO3S/c1-2-3-8-19-9-4-7-16-20(17,18)11-5-6-12(14)13(15)10-11/h5-6,10,16H,2-4,7-9H2,1H3. The molecular formula is C13H19F2NO3S. The number of ether oxygens (including phenoxy) is 1. The summed E-state index contributed by atoms with van der Waals surface area (Å²) < 4.78 is 56.9. The number of unbranched alkanes of at least 4 members (excludes halogenated alkanes) is 1. The van der Waals surface area contributed by atoms with Crippen LogP contribution in [0.2, 0.25) is 0 Å². The van der Waals surface area contributed by atoms with Gasteiger partial charge in [-0.2, -0.15) is 0 Å². The van der Waals surface area contributed by atoms with Crippen molar-refractivity contribution in [2.75, 3.05) is 19.8 Å². The third-order valence-corrected chi connectivity index (χ3v) is 4.06. The molecule has 1 rings (SSSR count). The van der Waals surface area contributed by atoms with E-state index < -0.39 is 21.7 Å². The molecule has 0 bridgehead atoms. The fourth-order valence-electron chi connectivity index (χ4n) is 1.46. The van der Waals surface area contributed by atoms with Gasteiger partial charge in [-0.05, 0) is 31.0 Å². The SMILES string of the molecule is CCCCOCCCNS(=O)(=O)c1ccc(F)c(F)c1. The average Bonchev–Trinajstić information content (AvgIpc) is 2.40. The van der Waals surface area contributed by atoms with Crippen molar-refractivity contribution in [3.05, 3.63) is 29.8 Å². The molecule has 0 saturated heterocycles. The average molecular weight is 307 g/mol. The van der Waals surface area contributed by atoms with E-state index in [-0.39, 0.29) is 11.4 Å². The lowest BCUT2D eigenvalue weighted by atomic mass is 10.3. The van der Waals surface area contributed by atoms with E-state index >= 15 is 0 Å². The first kappa shape index (κ1) is 17.0. The highest BCUT2D eigenvalue weighted by atomic mass is 32.2. The van der Waals surface area contributed by atoms with E-state index in [0.29, 0.717) is 25.7 Å². The first-order valence-electron chi connectivity index (χ1n) is 6.50. The number of hydrogen-bond donors (Lipinski definition) is 1. The summed E-state index contributed by atoms with van der Waals surface area (Å²) in [5, 5.41) is 0. The first-order valence-corrected chi connectivity index (χ1v) is 7.98. The molecule has 7 heteroatoms. The number of halogens is 2. The van der Waals surface area contributed by atoms with Crippen molar-refractivity contribution in [3.63, 3.8) is 0 Å². The lowest BCUT2D eigenvalue weighted by molar-refractivity contribution is 0.130. The van der Waals surface area contributed by atoms with E-state index in [0.717, 1.165) is 25.0 Å². The van der Waals surface area contributed by atoms with Crippen LogP contribution in [-0.4, -0.2) is 28.2 Å². The second kappa shape index (κ2) is 8.28. The molecular weight excluding hydrogens is 288 g/mol. The molecule has 0 aliphatic rings. The first-order chi connectivity index (χ1) is 9.47. The van der Waals surface area contributed by atoms with E-state index in [1.165, 1.54) is 0 Å². The molecule has 0 radical (unpaired) electrons. The third kappa shape index (κ3) is 5.52. The minimum Gasteiger partial charge on any atom is -0.381 e. The summed E-state index contributed by atoms with van der Waals surface area (Å²) in [6.45, 7) is 3.36. The Hall–Kier alpha value is -1.05. The zero-order valence-electron chi connectivity index (χ0n) is 11.4. The van der Waals surface area contributed by atoms with Crippen LogP contribution in [0.15, 0.2) is 23.1 Å². The van der Waals surface area contributed by atoms with Gasteiger partial charge in [0.2, 0.25) is 10.0 Å². The summed E-state index contributed by atoms with van der Waals surface area (Å²) >= 11 is 0. The van der Waals surface area contributed by atoms with E-state index in [9.17, 15) is 17.2 Å². The summed E-state index contributed by atoms with van der Waals surface area (Å²) in [6.07, 6.45) is 2.54.